The molecule has 0 atom stereocenters. The zero-order valence-corrected chi connectivity index (χ0v) is 7.42. The molecule has 0 aliphatic heterocycles. The van der Waals surface area contributed by atoms with E-state index in [4.69, 9.17) is 5.84 Å². The first kappa shape index (κ1) is 8.50. The van der Waals surface area contributed by atoms with Crippen LogP contribution in [0.5, 0.6) is 0 Å². The summed E-state index contributed by atoms with van der Waals surface area (Å²) in [6.45, 7) is 0. The number of rotatable bonds is 1. The van der Waals surface area contributed by atoms with Gasteiger partial charge in [-0.05, 0) is 18.2 Å². The van der Waals surface area contributed by atoms with Crippen molar-refractivity contribution in [2.75, 3.05) is 5.84 Å². The van der Waals surface area contributed by atoms with Crippen LogP contribution in [0.2, 0.25) is 0 Å². The predicted molar refractivity (Wildman–Crippen MR) is 54.1 cm³/mol. The standard InChI is InChI=1S/C10H9N3O/c11-13-7-8(4-5-10(13)14)9-3-1-2-6-12-9/h1-7H,11H2. The number of aromatic nitrogens is 2. The Kier molecular flexibility index (Phi) is 2.02. The maximum absolute atomic E-state index is 11.0. The van der Waals surface area contributed by atoms with Crippen LogP contribution < -0.4 is 11.4 Å². The molecule has 70 valence electrons. The fourth-order valence-corrected chi connectivity index (χ4v) is 1.19. The Hall–Kier alpha value is -2.10. The average molecular weight is 187 g/mol. The molecule has 4 nitrogen and oxygen atoms in total. The lowest BCUT2D eigenvalue weighted by Gasteiger charge is -2.01. The van der Waals surface area contributed by atoms with Crippen molar-refractivity contribution in [1.29, 1.82) is 0 Å². The highest BCUT2D eigenvalue weighted by Gasteiger charge is 1.99. The molecule has 2 aromatic rings. The minimum atomic E-state index is -0.232. The summed E-state index contributed by atoms with van der Waals surface area (Å²) in [5.74, 6) is 5.43. The second-order valence-corrected chi connectivity index (χ2v) is 2.88. The van der Waals surface area contributed by atoms with Gasteiger partial charge in [0.1, 0.15) is 0 Å². The van der Waals surface area contributed by atoms with Gasteiger partial charge >= 0.3 is 0 Å². The van der Waals surface area contributed by atoms with Crippen molar-refractivity contribution in [3.63, 3.8) is 0 Å². The Morgan fingerprint density at radius 1 is 1.21 bits per heavy atom. The van der Waals surface area contributed by atoms with Gasteiger partial charge < -0.3 is 5.84 Å². The summed E-state index contributed by atoms with van der Waals surface area (Å²) in [4.78, 5) is 15.2. The van der Waals surface area contributed by atoms with Gasteiger partial charge in [-0.15, -0.1) is 0 Å². The van der Waals surface area contributed by atoms with Gasteiger partial charge in [0.05, 0.1) is 5.69 Å². The SMILES string of the molecule is Nn1cc(-c2ccccn2)ccc1=O. The van der Waals surface area contributed by atoms with Crippen LogP contribution in [0.3, 0.4) is 0 Å². The molecule has 14 heavy (non-hydrogen) atoms. The summed E-state index contributed by atoms with van der Waals surface area (Å²) in [5.41, 5.74) is 1.39. The third kappa shape index (κ3) is 1.50. The van der Waals surface area contributed by atoms with Crippen molar-refractivity contribution in [2.24, 2.45) is 0 Å². The molecule has 0 bridgehead atoms. The first-order chi connectivity index (χ1) is 6.77. The van der Waals surface area contributed by atoms with E-state index >= 15 is 0 Å². The minimum absolute atomic E-state index is 0.232. The molecule has 0 spiro atoms. The van der Waals surface area contributed by atoms with Crippen molar-refractivity contribution >= 4 is 0 Å². The highest BCUT2D eigenvalue weighted by molar-refractivity contribution is 5.57. The van der Waals surface area contributed by atoms with Crippen molar-refractivity contribution in [3.05, 3.63) is 53.1 Å². The summed E-state index contributed by atoms with van der Waals surface area (Å²) in [7, 11) is 0. The molecule has 2 rings (SSSR count). The fourth-order valence-electron chi connectivity index (χ4n) is 1.19. The molecule has 0 radical (unpaired) electrons. The Labute approximate surface area is 80.6 Å². The molecular weight excluding hydrogens is 178 g/mol. The van der Waals surface area contributed by atoms with Gasteiger partial charge in [0.15, 0.2) is 0 Å². The van der Waals surface area contributed by atoms with Crippen molar-refractivity contribution in [3.8, 4) is 11.3 Å². The summed E-state index contributed by atoms with van der Waals surface area (Å²) >= 11 is 0. The molecule has 0 aliphatic carbocycles. The zero-order chi connectivity index (χ0) is 9.97. The van der Waals surface area contributed by atoms with Crippen molar-refractivity contribution < 1.29 is 0 Å². The molecule has 2 heterocycles. The van der Waals surface area contributed by atoms with Gasteiger partial charge in [-0.25, -0.2) is 4.68 Å². The summed E-state index contributed by atoms with van der Waals surface area (Å²) < 4.78 is 1.05. The van der Waals surface area contributed by atoms with E-state index in [1.165, 1.54) is 6.07 Å². The van der Waals surface area contributed by atoms with E-state index in [0.29, 0.717) is 0 Å². The van der Waals surface area contributed by atoms with Gasteiger partial charge in [-0.1, -0.05) is 6.07 Å². The van der Waals surface area contributed by atoms with Crippen LogP contribution in [0, 0.1) is 0 Å². The van der Waals surface area contributed by atoms with Gasteiger partial charge in [-0.2, -0.15) is 0 Å². The van der Waals surface area contributed by atoms with Crippen LogP contribution in [0.25, 0.3) is 11.3 Å². The first-order valence-electron chi connectivity index (χ1n) is 4.16. The summed E-state index contributed by atoms with van der Waals surface area (Å²) in [6.07, 6.45) is 3.26. The largest absolute Gasteiger partial charge is 0.336 e. The average Bonchev–Trinajstić information content (AvgIpc) is 2.23. The molecule has 0 saturated carbocycles. The number of pyridine rings is 2. The molecule has 0 aromatic carbocycles. The lowest BCUT2D eigenvalue weighted by atomic mass is 10.2. The van der Waals surface area contributed by atoms with E-state index in [-0.39, 0.29) is 5.56 Å². The van der Waals surface area contributed by atoms with Crippen molar-refractivity contribution in [1.82, 2.24) is 9.66 Å². The summed E-state index contributed by atoms with van der Waals surface area (Å²) in [6, 6.07) is 8.70. The zero-order valence-electron chi connectivity index (χ0n) is 7.42. The molecule has 0 saturated heterocycles. The van der Waals surface area contributed by atoms with Crippen molar-refractivity contribution in [2.45, 2.75) is 0 Å². The van der Waals surface area contributed by atoms with Crippen LogP contribution in [0.1, 0.15) is 0 Å². The summed E-state index contributed by atoms with van der Waals surface area (Å²) in [5, 5.41) is 0. The predicted octanol–water partition coefficient (Wildman–Crippen LogP) is 0.624. The Morgan fingerprint density at radius 2 is 2.07 bits per heavy atom. The van der Waals surface area contributed by atoms with Crippen LogP contribution in [0.15, 0.2) is 47.5 Å². The number of hydrogen-bond donors (Lipinski definition) is 1. The smallest absolute Gasteiger partial charge is 0.268 e. The van der Waals surface area contributed by atoms with Crippen LogP contribution in [-0.4, -0.2) is 9.66 Å². The monoisotopic (exact) mass is 187 g/mol. The van der Waals surface area contributed by atoms with Gasteiger partial charge in [0, 0.05) is 24.0 Å². The Bertz CT molecular complexity index is 490. The van der Waals surface area contributed by atoms with E-state index in [2.05, 4.69) is 4.98 Å². The van der Waals surface area contributed by atoms with Crippen LogP contribution in [-0.2, 0) is 0 Å². The number of nitrogen functional groups attached to an aromatic ring is 1. The van der Waals surface area contributed by atoms with E-state index in [0.717, 1.165) is 15.9 Å². The lowest BCUT2D eigenvalue weighted by molar-refractivity contribution is 0.938. The highest BCUT2D eigenvalue weighted by atomic mass is 16.1. The Morgan fingerprint density at radius 3 is 2.71 bits per heavy atom. The van der Waals surface area contributed by atoms with E-state index < -0.39 is 0 Å². The first-order valence-corrected chi connectivity index (χ1v) is 4.16. The fraction of sp³-hybridized carbons (Fsp3) is 0. The normalized spacial score (nSPS) is 10.0. The number of nitrogens with zero attached hydrogens (tertiary/aromatic N) is 2. The molecule has 2 N–H and O–H groups in total. The maximum atomic E-state index is 11.0. The van der Waals surface area contributed by atoms with E-state index in [1.807, 2.05) is 18.2 Å². The van der Waals surface area contributed by atoms with Gasteiger partial charge in [0.25, 0.3) is 5.56 Å². The second-order valence-electron chi connectivity index (χ2n) is 2.88. The van der Waals surface area contributed by atoms with Crippen LogP contribution in [0.4, 0.5) is 0 Å². The second kappa shape index (κ2) is 3.33. The maximum Gasteiger partial charge on any atom is 0.268 e. The van der Waals surface area contributed by atoms with E-state index in [1.54, 1.807) is 18.5 Å². The molecule has 2 aromatic heterocycles. The van der Waals surface area contributed by atoms with Gasteiger partial charge in [-0.3, -0.25) is 9.78 Å². The quantitative estimate of drug-likeness (QED) is 0.666. The Balaban J connectivity index is 2.54. The molecule has 0 aliphatic rings. The molecule has 0 unspecified atom stereocenters. The highest BCUT2D eigenvalue weighted by Crippen LogP contribution is 2.12. The third-order valence-electron chi connectivity index (χ3n) is 1.90. The minimum Gasteiger partial charge on any atom is -0.336 e. The van der Waals surface area contributed by atoms with Crippen LogP contribution >= 0.6 is 0 Å². The topological polar surface area (TPSA) is 60.9 Å². The molecule has 0 amide bonds. The van der Waals surface area contributed by atoms with E-state index in [9.17, 15) is 4.79 Å². The third-order valence-corrected chi connectivity index (χ3v) is 1.90. The molecule has 4 heteroatoms. The van der Waals surface area contributed by atoms with Gasteiger partial charge in [0.2, 0.25) is 0 Å². The lowest BCUT2D eigenvalue weighted by Crippen LogP contribution is -2.25. The molecular formula is C10H9N3O. The number of hydrogen-bond acceptors (Lipinski definition) is 3. The molecule has 0 fully saturated rings. The number of nitrogens with two attached hydrogens (primary N) is 1.